The largest absolute Gasteiger partial charge is 0.377 e. The molecule has 2 aromatic carbocycles. The van der Waals surface area contributed by atoms with E-state index in [2.05, 4.69) is 37.4 Å². The van der Waals surface area contributed by atoms with Crippen LogP contribution in [0.4, 0.5) is 5.69 Å². The van der Waals surface area contributed by atoms with E-state index in [1.54, 1.807) is 6.07 Å². The molecule has 2 rings (SSSR count). The van der Waals surface area contributed by atoms with E-state index in [0.29, 0.717) is 10.6 Å². The van der Waals surface area contributed by atoms with E-state index in [0.717, 1.165) is 5.69 Å². The van der Waals surface area contributed by atoms with Gasteiger partial charge in [0.15, 0.2) is 0 Å². The Labute approximate surface area is 118 Å². The molecular weight excluding hydrogens is 256 g/mol. The van der Waals surface area contributed by atoms with Gasteiger partial charge in [-0.1, -0.05) is 41.9 Å². The Morgan fingerprint density at radius 3 is 2.58 bits per heavy atom. The number of nitriles is 1. The van der Waals surface area contributed by atoms with Crippen LogP contribution >= 0.6 is 11.6 Å². The smallest absolute Gasteiger partial charge is 0.103 e. The molecule has 0 aromatic heterocycles. The minimum absolute atomic E-state index is 0.117. The number of benzene rings is 2. The third kappa shape index (κ3) is 2.89. The maximum absolute atomic E-state index is 9.16. The topological polar surface area (TPSA) is 35.8 Å². The number of hydrogen-bond acceptors (Lipinski definition) is 2. The molecule has 1 atom stereocenters. The van der Waals surface area contributed by atoms with Crippen molar-refractivity contribution < 1.29 is 0 Å². The van der Waals surface area contributed by atoms with Gasteiger partial charge in [0.2, 0.25) is 0 Å². The van der Waals surface area contributed by atoms with Crippen LogP contribution in [0.5, 0.6) is 0 Å². The first-order valence-electron chi connectivity index (χ1n) is 6.14. The van der Waals surface area contributed by atoms with Gasteiger partial charge in [-0.15, -0.1) is 0 Å². The van der Waals surface area contributed by atoms with Crippen molar-refractivity contribution in [3.63, 3.8) is 0 Å². The lowest BCUT2D eigenvalue weighted by Crippen LogP contribution is -2.09. The van der Waals surface area contributed by atoms with Crippen molar-refractivity contribution in [3.8, 4) is 6.07 Å². The number of hydrogen-bond donors (Lipinski definition) is 1. The molecule has 0 heterocycles. The Hall–Kier alpha value is -1.98. The molecule has 2 nitrogen and oxygen atoms in total. The highest BCUT2D eigenvalue weighted by Crippen LogP contribution is 2.27. The van der Waals surface area contributed by atoms with Gasteiger partial charge in [0, 0.05) is 6.04 Å². The summed E-state index contributed by atoms with van der Waals surface area (Å²) in [5.41, 5.74) is 3.70. The fraction of sp³-hybridized carbons (Fsp3) is 0.188. The van der Waals surface area contributed by atoms with Crippen LogP contribution < -0.4 is 5.32 Å². The fourth-order valence-corrected chi connectivity index (χ4v) is 2.36. The van der Waals surface area contributed by atoms with Crippen molar-refractivity contribution in [2.45, 2.75) is 19.9 Å². The van der Waals surface area contributed by atoms with Gasteiger partial charge in [-0.25, -0.2) is 0 Å². The van der Waals surface area contributed by atoms with Crippen LogP contribution in [0, 0.1) is 18.3 Å². The number of nitrogens with one attached hydrogen (secondary N) is 1. The Morgan fingerprint density at radius 1 is 1.16 bits per heavy atom. The molecule has 19 heavy (non-hydrogen) atoms. The van der Waals surface area contributed by atoms with Crippen LogP contribution in [0.3, 0.4) is 0 Å². The van der Waals surface area contributed by atoms with Gasteiger partial charge in [-0.3, -0.25) is 0 Å². The molecule has 0 saturated carbocycles. The molecule has 1 unspecified atom stereocenters. The summed E-state index contributed by atoms with van der Waals surface area (Å²) in [4.78, 5) is 0. The maximum Gasteiger partial charge on any atom is 0.103 e. The second-order valence-electron chi connectivity index (χ2n) is 4.50. The van der Waals surface area contributed by atoms with Gasteiger partial charge < -0.3 is 5.32 Å². The SMILES string of the molecule is Cc1ccccc1C(C)Nc1cccc(Cl)c1C#N. The van der Waals surface area contributed by atoms with Crippen molar-refractivity contribution >= 4 is 17.3 Å². The summed E-state index contributed by atoms with van der Waals surface area (Å²) in [6.07, 6.45) is 0. The van der Waals surface area contributed by atoms with Crippen molar-refractivity contribution in [1.29, 1.82) is 5.26 Å². The molecule has 0 radical (unpaired) electrons. The van der Waals surface area contributed by atoms with Crippen molar-refractivity contribution in [2.75, 3.05) is 5.32 Å². The predicted molar refractivity (Wildman–Crippen MR) is 79.4 cm³/mol. The van der Waals surface area contributed by atoms with Gasteiger partial charge in [0.05, 0.1) is 16.3 Å². The minimum atomic E-state index is 0.117. The Kier molecular flexibility index (Phi) is 4.09. The Balaban J connectivity index is 2.30. The lowest BCUT2D eigenvalue weighted by molar-refractivity contribution is 0.873. The number of anilines is 1. The standard InChI is InChI=1S/C16H15ClN2/c1-11-6-3-4-7-13(11)12(2)19-16-9-5-8-15(17)14(16)10-18/h3-9,12,19H,1-2H3. The van der Waals surface area contributed by atoms with Crippen molar-refractivity contribution in [3.05, 3.63) is 64.2 Å². The summed E-state index contributed by atoms with van der Waals surface area (Å²) in [6, 6.07) is 15.9. The number of halogens is 1. The van der Waals surface area contributed by atoms with Crippen LogP contribution in [-0.4, -0.2) is 0 Å². The predicted octanol–water partition coefficient (Wildman–Crippen LogP) is 4.69. The molecule has 0 aliphatic heterocycles. The molecule has 0 aliphatic rings. The number of nitrogens with zero attached hydrogens (tertiary/aromatic N) is 1. The third-order valence-electron chi connectivity index (χ3n) is 3.15. The molecule has 0 spiro atoms. The maximum atomic E-state index is 9.16. The molecule has 3 heteroatoms. The van der Waals surface area contributed by atoms with Crippen LogP contribution in [0.25, 0.3) is 0 Å². The zero-order valence-electron chi connectivity index (χ0n) is 10.9. The van der Waals surface area contributed by atoms with Gasteiger partial charge in [0.1, 0.15) is 6.07 Å². The molecule has 1 N–H and O–H groups in total. The molecule has 2 aromatic rings. The molecule has 0 saturated heterocycles. The van der Waals surface area contributed by atoms with Gasteiger partial charge >= 0.3 is 0 Å². The molecule has 0 amide bonds. The average Bonchev–Trinajstić information content (AvgIpc) is 2.39. The molecule has 0 fully saturated rings. The monoisotopic (exact) mass is 270 g/mol. The Bertz CT molecular complexity index is 629. The van der Waals surface area contributed by atoms with E-state index in [4.69, 9.17) is 16.9 Å². The van der Waals surface area contributed by atoms with Gasteiger partial charge in [-0.05, 0) is 37.1 Å². The van der Waals surface area contributed by atoms with E-state index < -0.39 is 0 Å². The van der Waals surface area contributed by atoms with Gasteiger partial charge in [0.25, 0.3) is 0 Å². The second-order valence-corrected chi connectivity index (χ2v) is 4.90. The summed E-state index contributed by atoms with van der Waals surface area (Å²) in [7, 11) is 0. The molecule has 96 valence electrons. The zero-order chi connectivity index (χ0) is 13.8. The summed E-state index contributed by atoms with van der Waals surface area (Å²) in [5, 5.41) is 13.0. The zero-order valence-corrected chi connectivity index (χ0v) is 11.7. The summed E-state index contributed by atoms with van der Waals surface area (Å²) < 4.78 is 0. The average molecular weight is 271 g/mol. The van der Waals surface area contributed by atoms with E-state index in [1.807, 2.05) is 24.3 Å². The van der Waals surface area contributed by atoms with E-state index in [-0.39, 0.29) is 6.04 Å². The fourth-order valence-electron chi connectivity index (χ4n) is 2.14. The van der Waals surface area contributed by atoms with Gasteiger partial charge in [-0.2, -0.15) is 5.26 Å². The van der Waals surface area contributed by atoms with Crippen molar-refractivity contribution in [1.82, 2.24) is 0 Å². The summed E-state index contributed by atoms with van der Waals surface area (Å²) >= 11 is 6.03. The quantitative estimate of drug-likeness (QED) is 0.878. The first-order chi connectivity index (χ1) is 9.13. The van der Waals surface area contributed by atoms with Crippen molar-refractivity contribution in [2.24, 2.45) is 0 Å². The highest BCUT2D eigenvalue weighted by atomic mass is 35.5. The summed E-state index contributed by atoms with van der Waals surface area (Å²) in [5.74, 6) is 0. The first kappa shape index (κ1) is 13.5. The lowest BCUT2D eigenvalue weighted by atomic mass is 10.0. The third-order valence-corrected chi connectivity index (χ3v) is 3.47. The molecular formula is C16H15ClN2. The van der Waals surface area contributed by atoms with Crippen LogP contribution in [0.2, 0.25) is 5.02 Å². The first-order valence-corrected chi connectivity index (χ1v) is 6.52. The molecule has 0 aliphatic carbocycles. The van der Waals surface area contributed by atoms with Crippen LogP contribution in [0.15, 0.2) is 42.5 Å². The highest BCUT2D eigenvalue weighted by Gasteiger charge is 2.11. The number of aryl methyl sites for hydroxylation is 1. The normalized spacial score (nSPS) is 11.7. The van der Waals surface area contributed by atoms with Crippen LogP contribution in [0.1, 0.15) is 29.7 Å². The van der Waals surface area contributed by atoms with E-state index >= 15 is 0 Å². The Morgan fingerprint density at radius 2 is 1.89 bits per heavy atom. The summed E-state index contributed by atoms with van der Waals surface area (Å²) in [6.45, 7) is 4.15. The minimum Gasteiger partial charge on any atom is -0.377 e. The van der Waals surface area contributed by atoms with E-state index in [9.17, 15) is 0 Å². The van der Waals surface area contributed by atoms with Crippen LogP contribution in [-0.2, 0) is 0 Å². The second kappa shape index (κ2) is 5.77. The highest BCUT2D eigenvalue weighted by molar-refractivity contribution is 6.32. The van der Waals surface area contributed by atoms with E-state index in [1.165, 1.54) is 11.1 Å². The number of rotatable bonds is 3. The lowest BCUT2D eigenvalue weighted by Gasteiger charge is -2.18. The molecule has 0 bridgehead atoms.